The minimum atomic E-state index is -0.531. The highest BCUT2D eigenvalue weighted by molar-refractivity contribution is 5.97. The molecule has 0 aliphatic rings. The molecule has 0 spiro atoms. The molecule has 6 nitrogen and oxygen atoms in total. The van der Waals surface area contributed by atoms with Gasteiger partial charge in [-0.15, -0.1) is 0 Å². The van der Waals surface area contributed by atoms with Crippen molar-refractivity contribution >= 4 is 11.8 Å². The number of ketones is 1. The fraction of sp³-hybridized carbons (Fsp3) is 0.200. The summed E-state index contributed by atoms with van der Waals surface area (Å²) in [5.74, 6) is -0.625. The molecule has 0 unspecified atom stereocenters. The monoisotopic (exact) mass is 368 g/mol. The van der Waals surface area contributed by atoms with Crippen LogP contribution in [-0.4, -0.2) is 21.9 Å². The third-order valence-corrected chi connectivity index (χ3v) is 3.86. The highest BCUT2D eigenvalue weighted by atomic mass is 19.1. The van der Waals surface area contributed by atoms with E-state index in [4.69, 9.17) is 9.26 Å². The number of aromatic nitrogens is 2. The zero-order valence-corrected chi connectivity index (χ0v) is 14.6. The average Bonchev–Trinajstić information content (AvgIpc) is 3.14. The van der Waals surface area contributed by atoms with Gasteiger partial charge in [-0.05, 0) is 31.2 Å². The maximum atomic E-state index is 12.9. The van der Waals surface area contributed by atoms with Gasteiger partial charge in [-0.3, -0.25) is 9.59 Å². The molecule has 0 bridgehead atoms. The largest absolute Gasteiger partial charge is 0.456 e. The molecule has 1 heterocycles. The number of rotatable bonds is 7. The smallest absolute Gasteiger partial charge is 0.306 e. The summed E-state index contributed by atoms with van der Waals surface area (Å²) in [6, 6.07) is 12.8. The maximum Gasteiger partial charge on any atom is 0.306 e. The van der Waals surface area contributed by atoms with Crippen molar-refractivity contribution in [1.29, 1.82) is 0 Å². The summed E-state index contributed by atoms with van der Waals surface area (Å²) in [6.07, 6.45) is 0.0260. The number of nitrogens with zero attached hydrogens (tertiary/aromatic N) is 2. The van der Waals surface area contributed by atoms with E-state index in [0.717, 1.165) is 5.56 Å². The van der Waals surface area contributed by atoms with Gasteiger partial charge in [-0.2, -0.15) is 4.98 Å². The van der Waals surface area contributed by atoms with E-state index in [1.54, 1.807) is 12.1 Å². The van der Waals surface area contributed by atoms with E-state index in [2.05, 4.69) is 10.1 Å². The molecule has 0 radical (unpaired) electrons. The van der Waals surface area contributed by atoms with E-state index in [-0.39, 0.29) is 42.8 Å². The van der Waals surface area contributed by atoms with Crippen LogP contribution in [0.4, 0.5) is 4.39 Å². The van der Waals surface area contributed by atoms with Crippen LogP contribution in [0.5, 0.6) is 0 Å². The molecule has 0 aliphatic heterocycles. The van der Waals surface area contributed by atoms with Gasteiger partial charge >= 0.3 is 5.97 Å². The van der Waals surface area contributed by atoms with Crippen LogP contribution < -0.4 is 0 Å². The molecule has 0 aliphatic carbocycles. The molecule has 0 saturated carbocycles. The molecule has 3 aromatic rings. The highest BCUT2D eigenvalue weighted by Gasteiger charge is 2.13. The van der Waals surface area contributed by atoms with Gasteiger partial charge in [0.25, 0.3) is 5.89 Å². The molecule has 7 heteroatoms. The lowest BCUT2D eigenvalue weighted by atomic mass is 10.1. The fourth-order valence-electron chi connectivity index (χ4n) is 2.34. The molecule has 0 amide bonds. The molecule has 1 aromatic heterocycles. The first-order valence-electron chi connectivity index (χ1n) is 8.35. The summed E-state index contributed by atoms with van der Waals surface area (Å²) < 4.78 is 23.0. The van der Waals surface area contributed by atoms with Crippen molar-refractivity contribution < 1.29 is 23.2 Å². The van der Waals surface area contributed by atoms with Gasteiger partial charge in [0.15, 0.2) is 12.4 Å². The molecular weight excluding hydrogens is 351 g/mol. The van der Waals surface area contributed by atoms with E-state index in [9.17, 15) is 14.0 Å². The van der Waals surface area contributed by atoms with Crippen molar-refractivity contribution in [2.45, 2.75) is 26.4 Å². The van der Waals surface area contributed by atoms with Gasteiger partial charge in [-0.25, -0.2) is 4.39 Å². The average molecular weight is 368 g/mol. The summed E-state index contributed by atoms with van der Waals surface area (Å²) in [4.78, 5) is 27.9. The van der Waals surface area contributed by atoms with Crippen molar-refractivity contribution in [2.75, 3.05) is 0 Å². The fourth-order valence-corrected chi connectivity index (χ4v) is 2.34. The first-order chi connectivity index (χ1) is 13.0. The van der Waals surface area contributed by atoms with Gasteiger partial charge in [-0.1, -0.05) is 35.0 Å². The number of ether oxygens (including phenoxy) is 1. The summed E-state index contributed by atoms with van der Waals surface area (Å²) in [6.45, 7) is 1.75. The Hall–Kier alpha value is -3.35. The Morgan fingerprint density at radius 3 is 2.44 bits per heavy atom. The summed E-state index contributed by atoms with van der Waals surface area (Å²) in [7, 11) is 0. The number of hydrogen-bond acceptors (Lipinski definition) is 6. The van der Waals surface area contributed by atoms with Crippen LogP contribution in [0.3, 0.4) is 0 Å². The molecule has 0 fully saturated rings. The Labute approximate surface area is 155 Å². The second kappa shape index (κ2) is 8.35. The van der Waals surface area contributed by atoms with Gasteiger partial charge in [0, 0.05) is 17.5 Å². The quantitative estimate of drug-likeness (QED) is 0.465. The highest BCUT2D eigenvalue weighted by Crippen LogP contribution is 2.16. The molecule has 2 aromatic carbocycles. The third kappa shape index (κ3) is 5.07. The lowest BCUT2D eigenvalue weighted by molar-refractivity contribution is -0.145. The number of aryl methyl sites for hydroxylation is 1. The number of Topliss-reactive ketones (excluding diaryl/α,β-unsaturated/α-hetero) is 1. The second-order valence-corrected chi connectivity index (χ2v) is 5.97. The normalized spacial score (nSPS) is 10.6. The molecule has 3 rings (SSSR count). The van der Waals surface area contributed by atoms with Crippen LogP contribution in [0.15, 0.2) is 53.1 Å². The predicted octanol–water partition coefficient (Wildman–Crippen LogP) is 3.89. The predicted molar refractivity (Wildman–Crippen MR) is 94.2 cm³/mol. The van der Waals surface area contributed by atoms with Crippen LogP contribution in [0, 0.1) is 12.7 Å². The molecule has 27 heavy (non-hydrogen) atoms. The van der Waals surface area contributed by atoms with Crippen molar-refractivity contribution in [3.05, 3.63) is 71.4 Å². The number of halogens is 1. The molecule has 0 saturated heterocycles. The second-order valence-electron chi connectivity index (χ2n) is 5.97. The summed E-state index contributed by atoms with van der Waals surface area (Å²) >= 11 is 0. The van der Waals surface area contributed by atoms with Crippen LogP contribution in [0.2, 0.25) is 0 Å². The Bertz CT molecular complexity index is 933. The molecule has 0 N–H and O–H groups in total. The van der Waals surface area contributed by atoms with E-state index >= 15 is 0 Å². The van der Waals surface area contributed by atoms with E-state index in [0.29, 0.717) is 11.1 Å². The summed E-state index contributed by atoms with van der Waals surface area (Å²) in [5, 5.41) is 3.76. The third-order valence-electron chi connectivity index (χ3n) is 3.86. The first-order valence-corrected chi connectivity index (χ1v) is 8.35. The lowest BCUT2D eigenvalue weighted by Crippen LogP contribution is -2.08. The number of esters is 1. The Morgan fingerprint density at radius 2 is 1.74 bits per heavy atom. The van der Waals surface area contributed by atoms with Crippen molar-refractivity contribution in [3.8, 4) is 11.4 Å². The topological polar surface area (TPSA) is 82.3 Å². The Kier molecular flexibility index (Phi) is 5.71. The van der Waals surface area contributed by atoms with Crippen molar-refractivity contribution in [3.63, 3.8) is 0 Å². The molecule has 0 atom stereocenters. The minimum Gasteiger partial charge on any atom is -0.456 e. The van der Waals surface area contributed by atoms with Gasteiger partial charge < -0.3 is 9.26 Å². The standard InChI is InChI=1S/C20H17FN2O4/c1-13-2-4-14(5-3-13)17(24)10-11-19(25)26-12-18-22-20(23-27-18)15-6-8-16(21)9-7-15/h2-9H,10-12H2,1H3. The van der Waals surface area contributed by atoms with Crippen molar-refractivity contribution in [1.82, 2.24) is 10.1 Å². The molecular formula is C20H17FN2O4. The number of carbonyl (C=O) groups is 2. The van der Waals surface area contributed by atoms with Crippen LogP contribution in [0.25, 0.3) is 11.4 Å². The van der Waals surface area contributed by atoms with Gasteiger partial charge in [0.1, 0.15) is 5.82 Å². The summed E-state index contributed by atoms with van der Waals surface area (Å²) in [5.41, 5.74) is 2.21. The Morgan fingerprint density at radius 1 is 1.04 bits per heavy atom. The van der Waals surface area contributed by atoms with Crippen LogP contribution >= 0.6 is 0 Å². The SMILES string of the molecule is Cc1ccc(C(=O)CCC(=O)OCc2nc(-c3ccc(F)cc3)no2)cc1. The van der Waals surface area contributed by atoms with E-state index < -0.39 is 5.97 Å². The zero-order valence-electron chi connectivity index (χ0n) is 14.6. The number of hydrogen-bond donors (Lipinski definition) is 0. The minimum absolute atomic E-state index is 0.0360. The zero-order chi connectivity index (χ0) is 19.2. The van der Waals surface area contributed by atoms with Gasteiger partial charge in [0.2, 0.25) is 5.82 Å². The van der Waals surface area contributed by atoms with Gasteiger partial charge in [0.05, 0.1) is 6.42 Å². The first kappa shape index (κ1) is 18.4. The molecule has 138 valence electrons. The van der Waals surface area contributed by atoms with Crippen LogP contribution in [-0.2, 0) is 16.1 Å². The Balaban J connectivity index is 1.47. The van der Waals surface area contributed by atoms with E-state index in [1.807, 2.05) is 19.1 Å². The number of carbonyl (C=O) groups excluding carboxylic acids is 2. The lowest BCUT2D eigenvalue weighted by Gasteiger charge is -2.02. The maximum absolute atomic E-state index is 12.9. The van der Waals surface area contributed by atoms with Crippen molar-refractivity contribution in [2.24, 2.45) is 0 Å². The van der Waals surface area contributed by atoms with Crippen LogP contribution in [0.1, 0.15) is 34.7 Å². The number of benzene rings is 2. The van der Waals surface area contributed by atoms with E-state index in [1.165, 1.54) is 24.3 Å².